The molecule has 0 saturated carbocycles. The second-order valence-electron chi connectivity index (χ2n) is 5.65. The van der Waals surface area contributed by atoms with Crippen molar-refractivity contribution in [2.45, 2.75) is 17.7 Å². The maximum Gasteiger partial charge on any atom is 0.243 e. The summed E-state index contributed by atoms with van der Waals surface area (Å²) in [4.78, 5) is 11.9. The Balaban J connectivity index is 1.80. The van der Waals surface area contributed by atoms with Crippen molar-refractivity contribution in [2.24, 2.45) is 0 Å². The molecule has 0 aromatic heterocycles. The maximum atomic E-state index is 12.9. The van der Waals surface area contributed by atoms with Gasteiger partial charge in [-0.3, -0.25) is 4.79 Å². The standard InChI is InChI=1S/C18H21FN2O3S/c1-21(25(23,24)17-11-9-16(19)10-12-17)14-18(22)20-13-5-8-15-6-3-2-4-7-15/h2-4,6-7,9-12H,5,8,13-14H2,1H3,(H,20,22). The van der Waals surface area contributed by atoms with Crippen LogP contribution in [0.3, 0.4) is 0 Å². The smallest absolute Gasteiger partial charge is 0.243 e. The second-order valence-corrected chi connectivity index (χ2v) is 7.70. The first-order chi connectivity index (χ1) is 11.9. The average Bonchev–Trinajstić information content (AvgIpc) is 2.60. The largest absolute Gasteiger partial charge is 0.355 e. The molecule has 134 valence electrons. The fourth-order valence-electron chi connectivity index (χ4n) is 2.29. The lowest BCUT2D eigenvalue weighted by Crippen LogP contribution is -2.38. The highest BCUT2D eigenvalue weighted by Gasteiger charge is 2.22. The van der Waals surface area contributed by atoms with E-state index in [1.165, 1.54) is 24.7 Å². The van der Waals surface area contributed by atoms with Gasteiger partial charge in [-0.05, 0) is 42.7 Å². The van der Waals surface area contributed by atoms with E-state index in [-0.39, 0.29) is 17.3 Å². The van der Waals surface area contributed by atoms with Gasteiger partial charge in [0.2, 0.25) is 15.9 Å². The third-order valence-electron chi connectivity index (χ3n) is 3.70. The Labute approximate surface area is 147 Å². The molecule has 7 heteroatoms. The molecule has 0 fully saturated rings. The molecule has 0 atom stereocenters. The molecule has 0 radical (unpaired) electrons. The minimum Gasteiger partial charge on any atom is -0.355 e. The van der Waals surface area contributed by atoms with Crippen molar-refractivity contribution in [3.63, 3.8) is 0 Å². The van der Waals surface area contributed by atoms with Crippen LogP contribution in [0.4, 0.5) is 4.39 Å². The van der Waals surface area contributed by atoms with Crippen molar-refractivity contribution in [1.82, 2.24) is 9.62 Å². The highest BCUT2D eigenvalue weighted by atomic mass is 32.2. The van der Waals surface area contributed by atoms with Crippen molar-refractivity contribution in [3.05, 3.63) is 66.0 Å². The van der Waals surface area contributed by atoms with E-state index in [1.54, 1.807) is 0 Å². The minimum atomic E-state index is -3.82. The summed E-state index contributed by atoms with van der Waals surface area (Å²) in [7, 11) is -2.50. The van der Waals surface area contributed by atoms with Crippen LogP contribution >= 0.6 is 0 Å². The van der Waals surface area contributed by atoms with Gasteiger partial charge in [0.25, 0.3) is 0 Å². The molecule has 0 aliphatic rings. The lowest BCUT2D eigenvalue weighted by Gasteiger charge is -2.17. The van der Waals surface area contributed by atoms with E-state index in [4.69, 9.17) is 0 Å². The molecule has 2 aromatic rings. The quantitative estimate of drug-likeness (QED) is 0.730. The van der Waals surface area contributed by atoms with Crippen molar-refractivity contribution in [1.29, 1.82) is 0 Å². The third kappa shape index (κ3) is 5.65. The number of amides is 1. The normalized spacial score (nSPS) is 11.5. The summed E-state index contributed by atoms with van der Waals surface area (Å²) in [6.45, 7) is 0.184. The van der Waals surface area contributed by atoms with Crippen molar-refractivity contribution < 1.29 is 17.6 Å². The summed E-state index contributed by atoms with van der Waals surface area (Å²) in [6, 6.07) is 14.4. The number of hydrogen-bond acceptors (Lipinski definition) is 3. The van der Waals surface area contributed by atoms with Crippen LogP contribution in [0.25, 0.3) is 0 Å². The lowest BCUT2D eigenvalue weighted by atomic mass is 10.1. The Morgan fingerprint density at radius 1 is 1.08 bits per heavy atom. The van der Waals surface area contributed by atoms with Gasteiger partial charge in [0.15, 0.2) is 0 Å². The van der Waals surface area contributed by atoms with Gasteiger partial charge in [0.1, 0.15) is 5.82 Å². The molecule has 25 heavy (non-hydrogen) atoms. The number of sulfonamides is 1. The second kappa shape index (κ2) is 8.73. The Morgan fingerprint density at radius 3 is 2.36 bits per heavy atom. The third-order valence-corrected chi connectivity index (χ3v) is 5.51. The maximum absolute atomic E-state index is 12.9. The fraction of sp³-hybridized carbons (Fsp3) is 0.278. The van der Waals surface area contributed by atoms with Crippen molar-refractivity contribution in [3.8, 4) is 0 Å². The van der Waals surface area contributed by atoms with Crippen LogP contribution < -0.4 is 5.32 Å². The molecular formula is C18H21FN2O3S. The van der Waals surface area contributed by atoms with Crippen LogP contribution in [0, 0.1) is 5.82 Å². The van der Waals surface area contributed by atoms with E-state index in [0.717, 1.165) is 29.3 Å². The predicted octanol–water partition coefficient (Wildman–Crippen LogP) is 2.20. The number of halogens is 1. The van der Waals surface area contributed by atoms with E-state index in [1.807, 2.05) is 30.3 Å². The Morgan fingerprint density at radius 2 is 1.72 bits per heavy atom. The van der Waals surface area contributed by atoms with Gasteiger partial charge in [-0.1, -0.05) is 30.3 Å². The minimum absolute atomic E-state index is 0.0479. The van der Waals surface area contributed by atoms with Crippen LogP contribution in [0.2, 0.25) is 0 Å². The number of nitrogens with one attached hydrogen (secondary N) is 1. The molecule has 2 aromatic carbocycles. The number of carbonyl (C=O) groups is 1. The number of hydrogen-bond donors (Lipinski definition) is 1. The van der Waals surface area contributed by atoms with Gasteiger partial charge in [0.05, 0.1) is 11.4 Å². The summed E-state index contributed by atoms with van der Waals surface area (Å²) < 4.78 is 38.5. The molecule has 0 spiro atoms. The van der Waals surface area contributed by atoms with Gasteiger partial charge in [0, 0.05) is 13.6 Å². The first-order valence-corrected chi connectivity index (χ1v) is 9.36. The summed E-state index contributed by atoms with van der Waals surface area (Å²) in [5.74, 6) is -0.890. The molecule has 5 nitrogen and oxygen atoms in total. The van der Waals surface area contributed by atoms with Crippen LogP contribution in [-0.2, 0) is 21.2 Å². The molecule has 2 rings (SSSR count). The zero-order valence-electron chi connectivity index (χ0n) is 14.0. The summed E-state index contributed by atoms with van der Waals surface area (Å²) in [5, 5.41) is 2.71. The topological polar surface area (TPSA) is 66.5 Å². The van der Waals surface area contributed by atoms with Crippen molar-refractivity contribution >= 4 is 15.9 Å². The Bertz CT molecular complexity index is 793. The number of aryl methyl sites for hydroxylation is 1. The summed E-state index contributed by atoms with van der Waals surface area (Å²) in [6.07, 6.45) is 1.61. The highest BCUT2D eigenvalue weighted by molar-refractivity contribution is 7.89. The Kier molecular flexibility index (Phi) is 6.66. The number of benzene rings is 2. The zero-order valence-corrected chi connectivity index (χ0v) is 14.8. The number of rotatable bonds is 8. The van der Waals surface area contributed by atoms with E-state index in [2.05, 4.69) is 5.32 Å². The van der Waals surface area contributed by atoms with Gasteiger partial charge < -0.3 is 5.32 Å². The molecule has 0 aliphatic heterocycles. The molecule has 1 amide bonds. The van der Waals surface area contributed by atoms with Crippen LogP contribution in [-0.4, -0.2) is 38.8 Å². The molecule has 1 N–H and O–H groups in total. The summed E-state index contributed by atoms with van der Waals surface area (Å²) in [5.41, 5.74) is 1.19. The molecule has 0 aliphatic carbocycles. The van der Waals surface area contributed by atoms with Crippen LogP contribution in [0.5, 0.6) is 0 Å². The summed E-state index contributed by atoms with van der Waals surface area (Å²) >= 11 is 0. The number of likely N-dealkylation sites (N-methyl/N-ethyl adjacent to an activating group) is 1. The van der Waals surface area contributed by atoms with Crippen LogP contribution in [0.1, 0.15) is 12.0 Å². The van der Waals surface area contributed by atoms with Crippen LogP contribution in [0.15, 0.2) is 59.5 Å². The monoisotopic (exact) mass is 364 g/mol. The number of nitrogens with zero attached hydrogens (tertiary/aromatic N) is 1. The van der Waals surface area contributed by atoms with Gasteiger partial charge >= 0.3 is 0 Å². The first-order valence-electron chi connectivity index (χ1n) is 7.92. The molecule has 0 saturated heterocycles. The Hall–Kier alpha value is -2.25. The van der Waals surface area contributed by atoms with E-state index in [9.17, 15) is 17.6 Å². The fourth-order valence-corrected chi connectivity index (χ4v) is 3.42. The van der Waals surface area contributed by atoms with E-state index in [0.29, 0.717) is 6.54 Å². The predicted molar refractivity (Wildman–Crippen MR) is 94.0 cm³/mol. The highest BCUT2D eigenvalue weighted by Crippen LogP contribution is 2.14. The lowest BCUT2D eigenvalue weighted by molar-refractivity contribution is -0.121. The molecule has 0 heterocycles. The molecular weight excluding hydrogens is 343 g/mol. The average molecular weight is 364 g/mol. The number of carbonyl (C=O) groups excluding carboxylic acids is 1. The zero-order chi connectivity index (χ0) is 18.3. The molecule has 0 unspecified atom stereocenters. The first kappa shape index (κ1) is 19.1. The van der Waals surface area contributed by atoms with Crippen molar-refractivity contribution in [2.75, 3.05) is 20.1 Å². The van der Waals surface area contributed by atoms with Gasteiger partial charge in [-0.2, -0.15) is 4.31 Å². The molecule has 0 bridgehead atoms. The SMILES string of the molecule is CN(CC(=O)NCCCc1ccccc1)S(=O)(=O)c1ccc(F)cc1. The van der Waals surface area contributed by atoms with E-state index >= 15 is 0 Å². The van der Waals surface area contributed by atoms with E-state index < -0.39 is 15.8 Å². The van der Waals surface area contributed by atoms with Gasteiger partial charge in [-0.15, -0.1) is 0 Å². The van der Waals surface area contributed by atoms with Gasteiger partial charge in [-0.25, -0.2) is 12.8 Å².